The third-order valence-electron chi connectivity index (χ3n) is 2.27. The van der Waals surface area contributed by atoms with Crippen molar-refractivity contribution in [1.29, 1.82) is 0 Å². The van der Waals surface area contributed by atoms with E-state index in [4.69, 9.17) is 15.2 Å². The average Bonchev–Trinajstić information content (AvgIpc) is 2.95. The quantitative estimate of drug-likeness (QED) is 0.816. The van der Waals surface area contributed by atoms with Crippen molar-refractivity contribution in [2.45, 2.75) is 0 Å². The monoisotopic (exact) mass is 310 g/mol. The third-order valence-corrected chi connectivity index (χ3v) is 2.96. The Kier molecular flexibility index (Phi) is 2.59. The molecule has 0 saturated heterocycles. The highest BCUT2D eigenvalue weighted by atomic mass is 79.9. The molecule has 0 radical (unpaired) electrons. The number of benzene rings is 1. The lowest BCUT2D eigenvalue weighted by Crippen LogP contribution is -1.99. The first-order valence-electron chi connectivity index (χ1n) is 4.91. The lowest BCUT2D eigenvalue weighted by molar-refractivity contribution is 0.174. The second kappa shape index (κ2) is 4.26. The Morgan fingerprint density at radius 2 is 2.17 bits per heavy atom. The largest absolute Gasteiger partial charge is 0.454 e. The predicted molar refractivity (Wildman–Crippen MR) is 65.5 cm³/mol. The van der Waals surface area contributed by atoms with Crippen LogP contribution in [0, 0.1) is 0 Å². The molecular weight excluding hydrogens is 304 g/mol. The molecule has 0 amide bonds. The summed E-state index contributed by atoms with van der Waals surface area (Å²) in [6.45, 7) is 0.225. The van der Waals surface area contributed by atoms with E-state index in [1.54, 1.807) is 12.3 Å². The van der Waals surface area contributed by atoms with Gasteiger partial charge in [-0.25, -0.2) is 0 Å². The summed E-state index contributed by atoms with van der Waals surface area (Å²) in [5.41, 5.74) is 6.29. The van der Waals surface area contributed by atoms with E-state index in [2.05, 4.69) is 36.6 Å². The summed E-state index contributed by atoms with van der Waals surface area (Å²) in [6.07, 6.45) is 1.57. The summed E-state index contributed by atoms with van der Waals surface area (Å²) < 4.78 is 11.3. The number of ether oxygens (including phenoxy) is 2. The van der Waals surface area contributed by atoms with E-state index in [0.717, 1.165) is 14.8 Å². The van der Waals surface area contributed by atoms with Gasteiger partial charge in [0.05, 0.1) is 6.21 Å². The molecule has 0 saturated carbocycles. The number of hydrogen-bond donors (Lipinski definition) is 1. The third kappa shape index (κ3) is 1.88. The van der Waals surface area contributed by atoms with Crippen LogP contribution in [0.3, 0.4) is 0 Å². The summed E-state index contributed by atoms with van der Waals surface area (Å²) in [7, 11) is 0. The number of rotatable bonds is 2. The Labute approximate surface area is 109 Å². The Bertz CT molecular complexity index is 626. The van der Waals surface area contributed by atoms with Crippen molar-refractivity contribution < 1.29 is 9.47 Å². The molecule has 18 heavy (non-hydrogen) atoms. The van der Waals surface area contributed by atoms with E-state index in [0.29, 0.717) is 11.5 Å². The van der Waals surface area contributed by atoms with Crippen molar-refractivity contribution >= 4 is 28.1 Å². The Hall–Kier alpha value is -2.16. The van der Waals surface area contributed by atoms with E-state index in [9.17, 15) is 0 Å². The lowest BCUT2D eigenvalue weighted by atomic mass is 10.2. The van der Waals surface area contributed by atoms with Crippen molar-refractivity contribution in [3.05, 3.63) is 22.2 Å². The molecule has 9 heteroatoms. The molecule has 0 fully saturated rings. The van der Waals surface area contributed by atoms with E-state index >= 15 is 0 Å². The summed E-state index contributed by atoms with van der Waals surface area (Å²) in [4.78, 5) is 1.12. The molecule has 0 aliphatic carbocycles. The van der Waals surface area contributed by atoms with Gasteiger partial charge in [-0.2, -0.15) is 5.10 Å². The smallest absolute Gasteiger partial charge is 0.263 e. The number of nitrogens with two attached hydrogens (primary N) is 1. The van der Waals surface area contributed by atoms with Crippen molar-refractivity contribution in [1.82, 2.24) is 20.3 Å². The number of tetrazole rings is 1. The van der Waals surface area contributed by atoms with Gasteiger partial charge in [-0.3, -0.25) is 0 Å². The van der Waals surface area contributed by atoms with Crippen LogP contribution in [0.5, 0.6) is 11.5 Å². The van der Waals surface area contributed by atoms with E-state index in [1.807, 2.05) is 6.07 Å². The van der Waals surface area contributed by atoms with Crippen LogP contribution in [0.2, 0.25) is 0 Å². The zero-order chi connectivity index (χ0) is 12.5. The van der Waals surface area contributed by atoms with Gasteiger partial charge in [0.25, 0.3) is 5.95 Å². The first-order chi connectivity index (χ1) is 8.74. The van der Waals surface area contributed by atoms with Crippen LogP contribution in [0.15, 0.2) is 21.7 Å². The molecule has 92 valence electrons. The maximum Gasteiger partial charge on any atom is 0.263 e. The molecule has 0 bridgehead atoms. The second-order valence-electron chi connectivity index (χ2n) is 3.40. The van der Waals surface area contributed by atoms with Gasteiger partial charge in [-0.15, -0.1) is 0 Å². The molecule has 2 heterocycles. The van der Waals surface area contributed by atoms with Crippen LogP contribution in [0.1, 0.15) is 5.56 Å². The molecule has 0 unspecified atom stereocenters. The Morgan fingerprint density at radius 1 is 1.39 bits per heavy atom. The number of fused-ring (bicyclic) bond motifs is 1. The van der Waals surface area contributed by atoms with E-state index in [-0.39, 0.29) is 12.7 Å². The molecule has 1 aromatic carbocycles. The van der Waals surface area contributed by atoms with Crippen LogP contribution in [0.4, 0.5) is 5.95 Å². The summed E-state index contributed by atoms with van der Waals surface area (Å²) >= 11 is 3.41. The fraction of sp³-hybridized carbons (Fsp3) is 0.111. The maximum atomic E-state index is 5.49. The number of aromatic nitrogens is 4. The zero-order valence-corrected chi connectivity index (χ0v) is 10.5. The molecule has 1 aliphatic heterocycles. The van der Waals surface area contributed by atoms with Gasteiger partial charge in [-0.1, -0.05) is 9.89 Å². The van der Waals surface area contributed by atoms with Gasteiger partial charge < -0.3 is 15.2 Å². The highest BCUT2D eigenvalue weighted by Gasteiger charge is 2.15. The second-order valence-corrected chi connectivity index (χ2v) is 4.25. The molecule has 8 nitrogen and oxygen atoms in total. The summed E-state index contributed by atoms with van der Waals surface area (Å²) in [6, 6.07) is 3.61. The fourth-order valence-corrected chi connectivity index (χ4v) is 1.85. The molecular formula is C9H7BrN6O2. The van der Waals surface area contributed by atoms with Crippen LogP contribution < -0.4 is 15.2 Å². The van der Waals surface area contributed by atoms with Crippen molar-refractivity contribution in [3.63, 3.8) is 0 Å². The van der Waals surface area contributed by atoms with Gasteiger partial charge in [0.15, 0.2) is 11.5 Å². The first kappa shape index (κ1) is 11.0. The molecule has 1 aliphatic rings. The van der Waals surface area contributed by atoms with Gasteiger partial charge in [0.2, 0.25) is 6.79 Å². The van der Waals surface area contributed by atoms with Gasteiger partial charge in [0.1, 0.15) is 0 Å². The first-order valence-corrected chi connectivity index (χ1v) is 5.71. The number of halogens is 1. The predicted octanol–water partition coefficient (Wildman–Crippen LogP) is 0.629. The van der Waals surface area contributed by atoms with Crippen molar-refractivity contribution in [3.8, 4) is 11.5 Å². The van der Waals surface area contributed by atoms with E-state index < -0.39 is 0 Å². The van der Waals surface area contributed by atoms with Crippen molar-refractivity contribution in [2.75, 3.05) is 12.5 Å². The maximum absolute atomic E-state index is 5.49. The highest BCUT2D eigenvalue weighted by Crippen LogP contribution is 2.36. The Morgan fingerprint density at radius 3 is 2.89 bits per heavy atom. The topological polar surface area (TPSA) is 100 Å². The number of nitrogen functional groups attached to an aromatic ring is 1. The fourth-order valence-electron chi connectivity index (χ4n) is 1.42. The minimum Gasteiger partial charge on any atom is -0.454 e. The van der Waals surface area contributed by atoms with Gasteiger partial charge in [0, 0.05) is 10.0 Å². The molecule has 0 spiro atoms. The molecule has 0 atom stereocenters. The zero-order valence-electron chi connectivity index (χ0n) is 8.95. The minimum absolute atomic E-state index is 0.114. The van der Waals surface area contributed by atoms with Crippen LogP contribution >= 0.6 is 15.9 Å². The van der Waals surface area contributed by atoms with Crippen LogP contribution in [-0.4, -0.2) is 33.3 Å². The lowest BCUT2D eigenvalue weighted by Gasteiger charge is -2.01. The Balaban J connectivity index is 1.94. The number of nitrogens with zero attached hydrogens (tertiary/aromatic N) is 5. The minimum atomic E-state index is 0.114. The normalized spacial score (nSPS) is 13.4. The number of anilines is 1. The van der Waals surface area contributed by atoms with Gasteiger partial charge in [-0.05, 0) is 38.5 Å². The van der Waals surface area contributed by atoms with E-state index in [1.165, 1.54) is 0 Å². The summed E-state index contributed by atoms with van der Waals surface area (Å²) in [5.74, 6) is 1.48. The standard InChI is InChI=1S/C9H7BrN6O2/c10-6-2-8-7(17-4-18-8)1-5(6)3-12-16-9(11)13-14-15-16/h1-3H,4H2,(H2,11,13,15)/b12-3+. The highest BCUT2D eigenvalue weighted by molar-refractivity contribution is 9.10. The number of hydrogen-bond acceptors (Lipinski definition) is 7. The molecule has 1 aromatic heterocycles. The SMILES string of the molecule is Nc1nnnn1/N=C/c1cc2c(cc1Br)OCO2. The average molecular weight is 311 g/mol. The molecule has 2 N–H and O–H groups in total. The van der Waals surface area contributed by atoms with Gasteiger partial charge >= 0.3 is 0 Å². The van der Waals surface area contributed by atoms with Crippen molar-refractivity contribution in [2.24, 2.45) is 5.10 Å². The van der Waals surface area contributed by atoms with Crippen LogP contribution in [0.25, 0.3) is 0 Å². The van der Waals surface area contributed by atoms with Crippen LogP contribution in [-0.2, 0) is 0 Å². The molecule has 2 aromatic rings. The molecule has 3 rings (SSSR count). The summed E-state index contributed by atoms with van der Waals surface area (Å²) in [5, 5.41) is 14.5.